The van der Waals surface area contributed by atoms with Crippen LogP contribution < -0.4 is 0 Å². The van der Waals surface area contributed by atoms with Crippen LogP contribution in [0.2, 0.25) is 0 Å². The fraction of sp³-hybridized carbons (Fsp3) is 0.900. The largest absolute Gasteiger partial charge is 0.389 e. The molecular weight excluding hydrogens is 207 g/mol. The Morgan fingerprint density at radius 3 is 2.07 bits per heavy atom. The zero-order valence-corrected chi connectivity index (χ0v) is 9.19. The number of hydrogen-bond acceptors (Lipinski definition) is 1. The Labute approximate surface area is 87.4 Å². The minimum Gasteiger partial charge on any atom is -0.342 e. The number of hydrogen-bond donors (Lipinski definition) is 0. The number of carbonyl (C=O) groups is 1. The third kappa shape index (κ3) is 3.39. The van der Waals surface area contributed by atoms with Crippen molar-refractivity contribution in [2.24, 2.45) is 11.3 Å². The summed E-state index contributed by atoms with van der Waals surface area (Å²) in [5.41, 5.74) is -0.497. The smallest absolute Gasteiger partial charge is 0.342 e. The highest BCUT2D eigenvalue weighted by Crippen LogP contribution is 2.32. The summed E-state index contributed by atoms with van der Waals surface area (Å²) < 4.78 is 36.0. The molecule has 2 nitrogen and oxygen atoms in total. The average molecular weight is 223 g/mol. The maximum Gasteiger partial charge on any atom is 0.389 e. The van der Waals surface area contributed by atoms with E-state index in [0.29, 0.717) is 0 Å². The maximum absolute atomic E-state index is 12.0. The van der Waals surface area contributed by atoms with Crippen molar-refractivity contribution < 1.29 is 18.0 Å². The van der Waals surface area contributed by atoms with Crippen molar-refractivity contribution in [3.8, 4) is 0 Å². The molecule has 1 aliphatic heterocycles. The standard InChI is InChI=1S/C10H16F3NO/c1-9(2,3)8(15)14-5-7(6-14)4-10(11,12)13/h7H,4-6H2,1-3H3. The van der Waals surface area contributed by atoms with Crippen LogP contribution >= 0.6 is 0 Å². The van der Waals surface area contributed by atoms with E-state index in [2.05, 4.69) is 0 Å². The Hall–Kier alpha value is -0.740. The number of rotatable bonds is 1. The molecule has 0 aliphatic carbocycles. The molecule has 0 aromatic heterocycles. The second-order valence-electron chi connectivity index (χ2n) is 5.15. The molecule has 5 heteroatoms. The molecule has 1 heterocycles. The first-order chi connectivity index (χ1) is 6.59. The van der Waals surface area contributed by atoms with Crippen LogP contribution in [0.15, 0.2) is 0 Å². The molecule has 1 saturated heterocycles. The molecule has 1 amide bonds. The van der Waals surface area contributed by atoms with E-state index >= 15 is 0 Å². The fourth-order valence-electron chi connectivity index (χ4n) is 1.67. The number of amides is 1. The zero-order valence-electron chi connectivity index (χ0n) is 9.19. The summed E-state index contributed by atoms with van der Waals surface area (Å²) in [6.07, 6.45) is -4.89. The normalized spacial score (nSPS) is 18.9. The van der Waals surface area contributed by atoms with E-state index < -0.39 is 23.9 Å². The summed E-state index contributed by atoms with van der Waals surface area (Å²) in [7, 11) is 0. The van der Waals surface area contributed by atoms with E-state index in [4.69, 9.17) is 0 Å². The third-order valence-electron chi connectivity index (χ3n) is 2.41. The number of alkyl halides is 3. The van der Waals surface area contributed by atoms with Crippen LogP contribution in [0.4, 0.5) is 13.2 Å². The third-order valence-corrected chi connectivity index (χ3v) is 2.41. The molecule has 0 spiro atoms. The Kier molecular flexibility index (Phi) is 3.03. The lowest BCUT2D eigenvalue weighted by Gasteiger charge is -2.42. The minimum absolute atomic E-state index is 0.0686. The Bertz CT molecular complexity index is 248. The second kappa shape index (κ2) is 3.68. The highest BCUT2D eigenvalue weighted by atomic mass is 19.4. The second-order valence-corrected chi connectivity index (χ2v) is 5.15. The Balaban J connectivity index is 2.35. The quantitative estimate of drug-likeness (QED) is 0.668. The van der Waals surface area contributed by atoms with Crippen LogP contribution in [0.1, 0.15) is 27.2 Å². The van der Waals surface area contributed by atoms with Gasteiger partial charge in [0, 0.05) is 30.8 Å². The van der Waals surface area contributed by atoms with Gasteiger partial charge in [-0.05, 0) is 0 Å². The van der Waals surface area contributed by atoms with E-state index in [-0.39, 0.29) is 19.0 Å². The van der Waals surface area contributed by atoms with E-state index in [1.54, 1.807) is 20.8 Å². The van der Waals surface area contributed by atoms with Crippen molar-refractivity contribution in [2.45, 2.75) is 33.4 Å². The summed E-state index contributed by atoms with van der Waals surface area (Å²) in [5.74, 6) is -0.475. The molecule has 0 radical (unpaired) electrons. The maximum atomic E-state index is 12.0. The van der Waals surface area contributed by atoms with Crippen LogP contribution in [-0.4, -0.2) is 30.1 Å². The van der Waals surface area contributed by atoms with Gasteiger partial charge in [-0.1, -0.05) is 20.8 Å². The average Bonchev–Trinajstić information content (AvgIpc) is 1.90. The molecule has 15 heavy (non-hydrogen) atoms. The first kappa shape index (κ1) is 12.3. The van der Waals surface area contributed by atoms with Gasteiger partial charge >= 0.3 is 6.18 Å². The first-order valence-corrected chi connectivity index (χ1v) is 4.96. The molecular formula is C10H16F3NO. The van der Waals surface area contributed by atoms with E-state index in [1.165, 1.54) is 4.90 Å². The van der Waals surface area contributed by atoms with Gasteiger partial charge in [0.1, 0.15) is 0 Å². The van der Waals surface area contributed by atoms with Gasteiger partial charge in [-0.3, -0.25) is 4.79 Å². The number of likely N-dealkylation sites (tertiary alicyclic amines) is 1. The Morgan fingerprint density at radius 2 is 1.73 bits per heavy atom. The van der Waals surface area contributed by atoms with Gasteiger partial charge in [-0.2, -0.15) is 13.2 Å². The van der Waals surface area contributed by atoms with E-state index in [0.717, 1.165) is 0 Å². The van der Waals surface area contributed by atoms with Crippen LogP contribution in [0.25, 0.3) is 0 Å². The lowest BCUT2D eigenvalue weighted by molar-refractivity contribution is -0.166. The summed E-state index contributed by atoms with van der Waals surface area (Å²) >= 11 is 0. The van der Waals surface area contributed by atoms with Crippen molar-refractivity contribution in [1.82, 2.24) is 4.90 Å². The van der Waals surface area contributed by atoms with Crippen molar-refractivity contribution in [1.29, 1.82) is 0 Å². The Morgan fingerprint density at radius 1 is 1.27 bits per heavy atom. The van der Waals surface area contributed by atoms with Gasteiger partial charge in [0.05, 0.1) is 0 Å². The highest BCUT2D eigenvalue weighted by Gasteiger charge is 2.41. The number of halogens is 3. The van der Waals surface area contributed by atoms with Crippen LogP contribution in [0, 0.1) is 11.3 Å². The van der Waals surface area contributed by atoms with Crippen LogP contribution in [-0.2, 0) is 4.79 Å². The molecule has 0 N–H and O–H groups in total. The number of nitrogens with zero attached hydrogens (tertiary/aromatic N) is 1. The molecule has 0 aromatic rings. The molecule has 1 fully saturated rings. The zero-order chi connectivity index (χ0) is 11.9. The lowest BCUT2D eigenvalue weighted by atomic mass is 9.89. The van der Waals surface area contributed by atoms with Gasteiger partial charge in [-0.15, -0.1) is 0 Å². The van der Waals surface area contributed by atoms with Gasteiger partial charge < -0.3 is 4.90 Å². The highest BCUT2D eigenvalue weighted by molar-refractivity contribution is 5.82. The molecule has 0 bridgehead atoms. The lowest BCUT2D eigenvalue weighted by Crippen LogP contribution is -2.54. The van der Waals surface area contributed by atoms with Gasteiger partial charge in [0.15, 0.2) is 0 Å². The topological polar surface area (TPSA) is 20.3 Å². The number of carbonyl (C=O) groups excluding carboxylic acids is 1. The SMILES string of the molecule is CC(C)(C)C(=O)N1CC(CC(F)(F)F)C1. The molecule has 88 valence electrons. The predicted molar refractivity (Wildman–Crippen MR) is 50.2 cm³/mol. The van der Waals surface area contributed by atoms with E-state index in [1.807, 2.05) is 0 Å². The minimum atomic E-state index is -4.11. The molecule has 0 saturated carbocycles. The summed E-state index contributed by atoms with van der Waals surface area (Å²) in [6.45, 7) is 5.80. The van der Waals surface area contributed by atoms with Crippen molar-refractivity contribution in [3.05, 3.63) is 0 Å². The van der Waals surface area contributed by atoms with Gasteiger partial charge in [0.2, 0.25) is 5.91 Å². The molecule has 0 unspecified atom stereocenters. The van der Waals surface area contributed by atoms with Crippen LogP contribution in [0.5, 0.6) is 0 Å². The van der Waals surface area contributed by atoms with Gasteiger partial charge in [0.25, 0.3) is 0 Å². The molecule has 0 aromatic carbocycles. The molecule has 1 aliphatic rings. The van der Waals surface area contributed by atoms with E-state index in [9.17, 15) is 18.0 Å². The summed E-state index contributed by atoms with van der Waals surface area (Å²) in [5, 5.41) is 0. The van der Waals surface area contributed by atoms with Crippen molar-refractivity contribution in [2.75, 3.05) is 13.1 Å². The predicted octanol–water partition coefficient (Wildman–Crippen LogP) is 2.44. The van der Waals surface area contributed by atoms with Crippen molar-refractivity contribution in [3.63, 3.8) is 0 Å². The molecule has 0 atom stereocenters. The molecule has 1 rings (SSSR count). The van der Waals surface area contributed by atoms with Crippen molar-refractivity contribution >= 4 is 5.91 Å². The van der Waals surface area contributed by atoms with Crippen LogP contribution in [0.3, 0.4) is 0 Å². The first-order valence-electron chi connectivity index (χ1n) is 4.96. The van der Waals surface area contributed by atoms with Gasteiger partial charge in [-0.25, -0.2) is 0 Å². The fourth-order valence-corrected chi connectivity index (χ4v) is 1.67. The summed E-state index contributed by atoms with van der Waals surface area (Å²) in [4.78, 5) is 13.1. The summed E-state index contributed by atoms with van der Waals surface area (Å²) in [6, 6.07) is 0. The monoisotopic (exact) mass is 223 g/mol.